The zero-order valence-electron chi connectivity index (χ0n) is 13.8. The molecule has 0 saturated carbocycles. The molecule has 0 bridgehead atoms. The number of nitrogens with zero attached hydrogens (tertiary/aromatic N) is 1. The first-order valence-corrected chi connectivity index (χ1v) is 8.01. The smallest absolute Gasteiger partial charge is 0.156 e. The summed E-state index contributed by atoms with van der Waals surface area (Å²) in [5.41, 5.74) is 0. The molecule has 0 aromatic heterocycles. The molecule has 0 N–H and O–H groups in total. The van der Waals surface area contributed by atoms with Gasteiger partial charge < -0.3 is 9.47 Å². The zero-order valence-corrected chi connectivity index (χ0v) is 13.8. The number of ether oxygens (including phenoxy) is 2. The third-order valence-electron chi connectivity index (χ3n) is 3.47. The fraction of sp³-hybridized carbons (Fsp3) is 1.00. The van der Waals surface area contributed by atoms with E-state index in [1.165, 1.54) is 44.9 Å². The van der Waals surface area contributed by atoms with Crippen LogP contribution < -0.4 is 0 Å². The van der Waals surface area contributed by atoms with Gasteiger partial charge in [-0.25, -0.2) is 0 Å². The van der Waals surface area contributed by atoms with Crippen LogP contribution in [0.25, 0.3) is 0 Å². The van der Waals surface area contributed by atoms with Gasteiger partial charge in [0.25, 0.3) is 0 Å². The van der Waals surface area contributed by atoms with Crippen LogP contribution in [0.2, 0.25) is 0 Å². The molecule has 0 radical (unpaired) electrons. The quantitative estimate of drug-likeness (QED) is 0.366. The molecule has 19 heavy (non-hydrogen) atoms. The standard InChI is InChI=1S/C16H35NO2/c1-6-7-8-9-10-11-12-13-14-18-16(3)19-15(2)17(4)5/h15-16H,6-14H2,1-5H3. The number of rotatable bonds is 13. The first-order chi connectivity index (χ1) is 9.07. The van der Waals surface area contributed by atoms with Crippen LogP contribution in [0.3, 0.4) is 0 Å². The summed E-state index contributed by atoms with van der Waals surface area (Å²) in [6, 6.07) is 0. The van der Waals surface area contributed by atoms with E-state index in [1.54, 1.807) is 0 Å². The summed E-state index contributed by atoms with van der Waals surface area (Å²) >= 11 is 0. The van der Waals surface area contributed by atoms with Crippen LogP contribution >= 0.6 is 0 Å². The van der Waals surface area contributed by atoms with Crippen molar-refractivity contribution in [3.63, 3.8) is 0 Å². The van der Waals surface area contributed by atoms with Crippen molar-refractivity contribution in [2.24, 2.45) is 0 Å². The summed E-state index contributed by atoms with van der Waals surface area (Å²) in [6.45, 7) is 7.09. The van der Waals surface area contributed by atoms with Crippen LogP contribution in [0, 0.1) is 0 Å². The lowest BCUT2D eigenvalue weighted by atomic mass is 10.1. The van der Waals surface area contributed by atoms with E-state index in [4.69, 9.17) is 9.47 Å². The van der Waals surface area contributed by atoms with Crippen LogP contribution in [0.1, 0.15) is 72.1 Å². The van der Waals surface area contributed by atoms with E-state index in [9.17, 15) is 0 Å². The SMILES string of the molecule is CCCCCCCCCCOC(C)OC(C)N(C)C. The normalized spacial score (nSPS) is 14.8. The van der Waals surface area contributed by atoms with Crippen molar-refractivity contribution in [3.8, 4) is 0 Å². The van der Waals surface area contributed by atoms with Gasteiger partial charge in [0.2, 0.25) is 0 Å². The van der Waals surface area contributed by atoms with Crippen molar-refractivity contribution < 1.29 is 9.47 Å². The second-order valence-corrected chi connectivity index (χ2v) is 5.61. The second-order valence-electron chi connectivity index (χ2n) is 5.61. The maximum absolute atomic E-state index is 5.69. The van der Waals surface area contributed by atoms with E-state index in [0.717, 1.165) is 13.0 Å². The fourth-order valence-corrected chi connectivity index (χ4v) is 1.92. The highest BCUT2D eigenvalue weighted by Crippen LogP contribution is 2.09. The number of hydrogen-bond acceptors (Lipinski definition) is 3. The van der Waals surface area contributed by atoms with Gasteiger partial charge in [-0.15, -0.1) is 0 Å². The maximum Gasteiger partial charge on any atom is 0.156 e. The fourth-order valence-electron chi connectivity index (χ4n) is 1.92. The van der Waals surface area contributed by atoms with E-state index >= 15 is 0 Å². The summed E-state index contributed by atoms with van der Waals surface area (Å²) in [7, 11) is 4.02. The molecule has 0 amide bonds. The minimum Gasteiger partial charge on any atom is -0.353 e. The maximum atomic E-state index is 5.69. The molecule has 0 fully saturated rings. The second kappa shape index (κ2) is 12.9. The van der Waals surface area contributed by atoms with Crippen LogP contribution in [0.4, 0.5) is 0 Å². The Hall–Kier alpha value is -0.120. The highest BCUT2D eigenvalue weighted by atomic mass is 16.7. The molecule has 0 aromatic carbocycles. The average molecular weight is 273 g/mol. The Morgan fingerprint density at radius 2 is 1.37 bits per heavy atom. The lowest BCUT2D eigenvalue weighted by Crippen LogP contribution is -2.31. The van der Waals surface area contributed by atoms with E-state index in [1.807, 2.05) is 32.8 Å². The predicted octanol–water partition coefficient (Wildman–Crippen LogP) is 4.41. The van der Waals surface area contributed by atoms with Crippen LogP contribution in [-0.4, -0.2) is 38.1 Å². The van der Waals surface area contributed by atoms with Gasteiger partial charge in [0.05, 0.1) is 0 Å². The van der Waals surface area contributed by atoms with E-state index in [-0.39, 0.29) is 12.5 Å². The Labute approximate surface area is 120 Å². The zero-order chi connectivity index (χ0) is 14.5. The Balaban J connectivity index is 3.25. The van der Waals surface area contributed by atoms with Gasteiger partial charge in [-0.2, -0.15) is 0 Å². The minimum absolute atomic E-state index is 0.105. The first kappa shape index (κ1) is 18.9. The van der Waals surface area contributed by atoms with Gasteiger partial charge in [-0.05, 0) is 34.4 Å². The molecule has 0 heterocycles. The van der Waals surface area contributed by atoms with Gasteiger partial charge >= 0.3 is 0 Å². The monoisotopic (exact) mass is 273 g/mol. The van der Waals surface area contributed by atoms with Crippen LogP contribution in [0.5, 0.6) is 0 Å². The molecule has 2 unspecified atom stereocenters. The van der Waals surface area contributed by atoms with Gasteiger partial charge in [-0.3, -0.25) is 4.90 Å². The molecule has 0 spiro atoms. The summed E-state index contributed by atoms with van der Waals surface area (Å²) in [5.74, 6) is 0. The molecule has 0 rings (SSSR count). The van der Waals surface area contributed by atoms with Crippen molar-refractivity contribution >= 4 is 0 Å². The molecular formula is C16H35NO2. The topological polar surface area (TPSA) is 21.7 Å². The molecule has 0 saturated heterocycles. The Morgan fingerprint density at radius 1 is 0.842 bits per heavy atom. The lowest BCUT2D eigenvalue weighted by Gasteiger charge is -2.24. The Kier molecular flexibility index (Phi) is 12.8. The van der Waals surface area contributed by atoms with E-state index in [0.29, 0.717) is 0 Å². The Bertz CT molecular complexity index is 186. The molecule has 2 atom stereocenters. The molecule has 3 heteroatoms. The highest BCUT2D eigenvalue weighted by Gasteiger charge is 2.09. The molecule has 3 nitrogen and oxygen atoms in total. The molecule has 116 valence electrons. The number of hydrogen-bond donors (Lipinski definition) is 0. The summed E-state index contributed by atoms with van der Waals surface area (Å²) in [5, 5.41) is 0. The van der Waals surface area contributed by atoms with Crippen molar-refractivity contribution in [1.82, 2.24) is 4.90 Å². The largest absolute Gasteiger partial charge is 0.353 e. The highest BCUT2D eigenvalue weighted by molar-refractivity contribution is 4.48. The van der Waals surface area contributed by atoms with Crippen LogP contribution in [-0.2, 0) is 9.47 Å². The molecule has 0 aliphatic carbocycles. The molecule has 0 aromatic rings. The third kappa shape index (κ3) is 12.6. The summed E-state index contributed by atoms with van der Waals surface area (Å²) < 4.78 is 11.3. The summed E-state index contributed by atoms with van der Waals surface area (Å²) in [4.78, 5) is 2.04. The summed E-state index contributed by atoms with van der Waals surface area (Å²) in [6.07, 6.45) is 10.7. The number of unbranched alkanes of at least 4 members (excludes halogenated alkanes) is 7. The Morgan fingerprint density at radius 3 is 1.89 bits per heavy atom. The lowest BCUT2D eigenvalue weighted by molar-refractivity contribution is -0.185. The molecule has 0 aliphatic heterocycles. The van der Waals surface area contributed by atoms with Gasteiger partial charge in [0.15, 0.2) is 6.29 Å². The average Bonchev–Trinajstić information content (AvgIpc) is 2.36. The van der Waals surface area contributed by atoms with Gasteiger partial charge in [0, 0.05) is 6.61 Å². The minimum atomic E-state index is -0.109. The molecular weight excluding hydrogens is 238 g/mol. The third-order valence-corrected chi connectivity index (χ3v) is 3.47. The van der Waals surface area contributed by atoms with E-state index < -0.39 is 0 Å². The van der Waals surface area contributed by atoms with Crippen molar-refractivity contribution in [3.05, 3.63) is 0 Å². The molecule has 0 aliphatic rings. The van der Waals surface area contributed by atoms with Crippen molar-refractivity contribution in [2.45, 2.75) is 84.7 Å². The van der Waals surface area contributed by atoms with E-state index in [2.05, 4.69) is 6.92 Å². The first-order valence-electron chi connectivity index (χ1n) is 8.01. The predicted molar refractivity (Wildman–Crippen MR) is 82.3 cm³/mol. The van der Waals surface area contributed by atoms with Crippen LogP contribution in [0.15, 0.2) is 0 Å². The van der Waals surface area contributed by atoms with Gasteiger partial charge in [-0.1, -0.05) is 51.9 Å². The van der Waals surface area contributed by atoms with Crippen molar-refractivity contribution in [2.75, 3.05) is 20.7 Å². The van der Waals surface area contributed by atoms with Crippen molar-refractivity contribution in [1.29, 1.82) is 0 Å². The van der Waals surface area contributed by atoms with Gasteiger partial charge in [0.1, 0.15) is 6.23 Å².